The molecule has 4 rings (SSSR count). The van der Waals surface area contributed by atoms with Crippen molar-refractivity contribution in [2.45, 2.75) is 23.5 Å². The van der Waals surface area contributed by atoms with Crippen LogP contribution >= 0.6 is 23.4 Å². The number of nitrogens with zero attached hydrogens (tertiary/aromatic N) is 1. The molecule has 1 unspecified atom stereocenters. The highest BCUT2D eigenvalue weighted by Gasteiger charge is 2.27. The number of anilines is 1. The largest absolute Gasteiger partial charge is 0.454 e. The van der Waals surface area contributed by atoms with Gasteiger partial charge in [0.2, 0.25) is 6.79 Å². The molecule has 0 saturated carbocycles. The molecule has 0 spiro atoms. The van der Waals surface area contributed by atoms with E-state index in [-0.39, 0.29) is 12.7 Å². The summed E-state index contributed by atoms with van der Waals surface area (Å²) < 4.78 is 10.7. The molecule has 2 aliphatic rings. The van der Waals surface area contributed by atoms with Crippen LogP contribution < -0.4 is 14.4 Å². The molecule has 2 aromatic carbocycles. The Morgan fingerprint density at radius 2 is 2.12 bits per heavy atom. The lowest BCUT2D eigenvalue weighted by Gasteiger charge is -2.22. The van der Waals surface area contributed by atoms with Gasteiger partial charge in [0.05, 0.1) is 10.7 Å². The molecule has 2 aromatic rings. The number of amides is 1. The Labute approximate surface area is 149 Å². The van der Waals surface area contributed by atoms with Gasteiger partial charge in [-0.15, -0.1) is 11.8 Å². The maximum Gasteiger partial charge on any atom is 0.258 e. The van der Waals surface area contributed by atoms with Crippen LogP contribution in [0.5, 0.6) is 11.5 Å². The minimum absolute atomic E-state index is 0.0719. The third-order valence-electron chi connectivity index (χ3n) is 4.16. The van der Waals surface area contributed by atoms with Crippen molar-refractivity contribution in [1.29, 1.82) is 0 Å². The quantitative estimate of drug-likeness (QED) is 0.744. The van der Waals surface area contributed by atoms with E-state index in [0.29, 0.717) is 33.9 Å². The predicted octanol–water partition coefficient (Wildman–Crippen LogP) is 4.60. The van der Waals surface area contributed by atoms with E-state index >= 15 is 0 Å². The molecular weight excluding hydrogens is 346 g/mol. The van der Waals surface area contributed by atoms with Crippen LogP contribution in [0.3, 0.4) is 0 Å². The highest BCUT2D eigenvalue weighted by atomic mass is 35.5. The van der Waals surface area contributed by atoms with Crippen LogP contribution in [0, 0.1) is 0 Å². The van der Waals surface area contributed by atoms with Crippen LogP contribution in [0.25, 0.3) is 0 Å². The van der Waals surface area contributed by atoms with Crippen molar-refractivity contribution < 1.29 is 14.3 Å². The lowest BCUT2D eigenvalue weighted by molar-refractivity contribution is 0.0986. The standard InChI is InChI=1S/C18H16ClNO3S/c1-11-6-7-20(14-4-2-3-5-16(14)24-11)18(21)12-8-13(19)17-15(9-12)22-10-23-17/h2-5,8-9,11H,6-7,10H2,1H3. The third kappa shape index (κ3) is 2.72. The van der Waals surface area contributed by atoms with Gasteiger partial charge in [-0.3, -0.25) is 4.79 Å². The number of para-hydroxylation sites is 1. The first-order valence-corrected chi connectivity index (χ1v) is 9.06. The average Bonchev–Trinajstić information content (AvgIpc) is 2.98. The van der Waals surface area contributed by atoms with Crippen LogP contribution in [0.15, 0.2) is 41.3 Å². The Morgan fingerprint density at radius 1 is 1.29 bits per heavy atom. The molecule has 1 amide bonds. The van der Waals surface area contributed by atoms with Crippen molar-refractivity contribution in [2.24, 2.45) is 0 Å². The monoisotopic (exact) mass is 361 g/mol. The molecule has 0 aromatic heterocycles. The predicted molar refractivity (Wildman–Crippen MR) is 95.6 cm³/mol. The lowest BCUT2D eigenvalue weighted by Crippen LogP contribution is -2.32. The zero-order valence-electron chi connectivity index (χ0n) is 13.1. The third-order valence-corrected chi connectivity index (χ3v) is 5.68. The van der Waals surface area contributed by atoms with Crippen LogP contribution in [-0.4, -0.2) is 24.5 Å². The Bertz CT molecular complexity index is 811. The Morgan fingerprint density at radius 3 is 3.00 bits per heavy atom. The minimum Gasteiger partial charge on any atom is -0.454 e. The summed E-state index contributed by atoms with van der Waals surface area (Å²) in [6.45, 7) is 3.00. The molecule has 0 N–H and O–H groups in total. The number of hydrogen-bond acceptors (Lipinski definition) is 4. The van der Waals surface area contributed by atoms with Gasteiger partial charge < -0.3 is 14.4 Å². The van der Waals surface area contributed by atoms with E-state index in [1.165, 1.54) is 0 Å². The fourth-order valence-corrected chi connectivity index (χ4v) is 4.32. The van der Waals surface area contributed by atoms with Crippen LogP contribution in [0.2, 0.25) is 5.02 Å². The molecule has 24 heavy (non-hydrogen) atoms. The number of hydrogen-bond donors (Lipinski definition) is 0. The first-order valence-electron chi connectivity index (χ1n) is 7.80. The highest BCUT2D eigenvalue weighted by molar-refractivity contribution is 8.00. The first kappa shape index (κ1) is 15.7. The number of ether oxygens (including phenoxy) is 2. The zero-order chi connectivity index (χ0) is 16.7. The van der Waals surface area contributed by atoms with E-state index < -0.39 is 0 Å². The fraction of sp³-hybridized carbons (Fsp3) is 0.278. The van der Waals surface area contributed by atoms with E-state index in [2.05, 4.69) is 13.0 Å². The molecule has 0 bridgehead atoms. The Hall–Kier alpha value is -1.85. The number of carbonyl (C=O) groups excluding carboxylic acids is 1. The van der Waals surface area contributed by atoms with Gasteiger partial charge in [-0.1, -0.05) is 30.7 Å². The summed E-state index contributed by atoms with van der Waals surface area (Å²) in [4.78, 5) is 16.1. The fourth-order valence-electron chi connectivity index (χ4n) is 2.94. The summed E-state index contributed by atoms with van der Waals surface area (Å²) in [5, 5.41) is 0.864. The smallest absolute Gasteiger partial charge is 0.258 e. The summed E-state index contributed by atoms with van der Waals surface area (Å²) >= 11 is 8.04. The van der Waals surface area contributed by atoms with Crippen molar-refractivity contribution in [2.75, 3.05) is 18.2 Å². The van der Waals surface area contributed by atoms with Crippen molar-refractivity contribution in [3.05, 3.63) is 47.0 Å². The normalized spacial score (nSPS) is 18.9. The lowest BCUT2D eigenvalue weighted by atomic mass is 10.1. The second-order valence-electron chi connectivity index (χ2n) is 5.83. The number of carbonyl (C=O) groups is 1. The molecule has 4 nitrogen and oxygen atoms in total. The SMILES string of the molecule is CC1CCN(C(=O)c2cc(Cl)c3c(c2)OCO3)c2ccccc2S1. The van der Waals surface area contributed by atoms with E-state index in [9.17, 15) is 4.79 Å². The molecule has 1 atom stereocenters. The second kappa shape index (κ2) is 6.22. The van der Waals surface area contributed by atoms with E-state index in [4.69, 9.17) is 21.1 Å². The molecular formula is C18H16ClNO3S. The summed E-state index contributed by atoms with van der Waals surface area (Å²) in [5.41, 5.74) is 1.46. The number of rotatable bonds is 1. The molecule has 0 fully saturated rings. The summed E-state index contributed by atoms with van der Waals surface area (Å²) in [5.74, 6) is 0.961. The minimum atomic E-state index is -0.0719. The van der Waals surface area contributed by atoms with Gasteiger partial charge >= 0.3 is 0 Å². The van der Waals surface area contributed by atoms with Gasteiger partial charge in [0.25, 0.3) is 5.91 Å². The number of thioether (sulfide) groups is 1. The number of fused-ring (bicyclic) bond motifs is 2. The van der Waals surface area contributed by atoms with Gasteiger partial charge in [-0.2, -0.15) is 0 Å². The summed E-state index contributed by atoms with van der Waals surface area (Å²) in [6.07, 6.45) is 0.934. The summed E-state index contributed by atoms with van der Waals surface area (Å²) in [6, 6.07) is 11.4. The van der Waals surface area contributed by atoms with Gasteiger partial charge in [0, 0.05) is 22.3 Å². The van der Waals surface area contributed by atoms with Crippen molar-refractivity contribution in [3.63, 3.8) is 0 Å². The number of halogens is 1. The van der Waals surface area contributed by atoms with Gasteiger partial charge in [-0.05, 0) is 30.7 Å². The molecule has 124 valence electrons. The van der Waals surface area contributed by atoms with E-state index in [1.807, 2.05) is 34.9 Å². The van der Waals surface area contributed by atoms with Gasteiger partial charge in [0.1, 0.15) is 0 Å². The van der Waals surface area contributed by atoms with Crippen molar-refractivity contribution >= 4 is 35.0 Å². The molecule has 0 aliphatic carbocycles. The number of benzene rings is 2. The maximum atomic E-state index is 13.1. The zero-order valence-corrected chi connectivity index (χ0v) is 14.7. The average molecular weight is 362 g/mol. The first-order chi connectivity index (χ1) is 11.6. The highest BCUT2D eigenvalue weighted by Crippen LogP contribution is 2.41. The molecule has 2 heterocycles. The maximum absolute atomic E-state index is 13.1. The van der Waals surface area contributed by atoms with Crippen molar-refractivity contribution in [1.82, 2.24) is 0 Å². The molecule has 0 saturated heterocycles. The Kier molecular flexibility index (Phi) is 4.06. The van der Waals surface area contributed by atoms with Crippen LogP contribution in [-0.2, 0) is 0 Å². The molecule has 6 heteroatoms. The van der Waals surface area contributed by atoms with Gasteiger partial charge in [0.15, 0.2) is 11.5 Å². The molecule has 0 radical (unpaired) electrons. The molecule has 2 aliphatic heterocycles. The Balaban J connectivity index is 1.73. The second-order valence-corrected chi connectivity index (χ2v) is 7.72. The van der Waals surface area contributed by atoms with Gasteiger partial charge in [-0.25, -0.2) is 0 Å². The van der Waals surface area contributed by atoms with Crippen molar-refractivity contribution in [3.8, 4) is 11.5 Å². The summed E-state index contributed by atoms with van der Waals surface area (Å²) in [7, 11) is 0. The van der Waals surface area contributed by atoms with Crippen LogP contribution in [0.1, 0.15) is 23.7 Å². The van der Waals surface area contributed by atoms with Crippen LogP contribution in [0.4, 0.5) is 5.69 Å². The van der Waals surface area contributed by atoms with E-state index in [1.54, 1.807) is 12.1 Å². The topological polar surface area (TPSA) is 38.8 Å². The van der Waals surface area contributed by atoms with E-state index in [0.717, 1.165) is 17.0 Å².